The van der Waals surface area contributed by atoms with Crippen LogP contribution in [-0.4, -0.2) is 9.78 Å². The summed E-state index contributed by atoms with van der Waals surface area (Å²) in [5.41, 5.74) is 4.28. The van der Waals surface area contributed by atoms with E-state index in [1.807, 2.05) is 24.6 Å². The van der Waals surface area contributed by atoms with Gasteiger partial charge < -0.3 is 0 Å². The summed E-state index contributed by atoms with van der Waals surface area (Å²) in [6.45, 7) is 8.31. The van der Waals surface area contributed by atoms with E-state index in [2.05, 4.69) is 37.1 Å². The zero-order valence-corrected chi connectivity index (χ0v) is 11.4. The fraction of sp³-hybridized carbons (Fsp3) is 0.357. The normalized spacial score (nSPS) is 11.2. The second kappa shape index (κ2) is 4.53. The Hall–Kier alpha value is -1.28. The fourth-order valence-corrected chi connectivity index (χ4v) is 2.14. The Bertz CT molecular complexity index is 541. The summed E-state index contributed by atoms with van der Waals surface area (Å²) >= 11 is 6.20. The third-order valence-corrected chi connectivity index (χ3v) is 3.54. The van der Waals surface area contributed by atoms with Crippen LogP contribution in [0.2, 0.25) is 5.02 Å². The lowest BCUT2D eigenvalue weighted by atomic mass is 10.0. The highest BCUT2D eigenvalue weighted by Crippen LogP contribution is 2.27. The molecule has 0 aliphatic rings. The molecule has 0 saturated carbocycles. The van der Waals surface area contributed by atoms with Crippen molar-refractivity contribution in [1.29, 1.82) is 0 Å². The van der Waals surface area contributed by atoms with Gasteiger partial charge in [-0.2, -0.15) is 5.10 Å². The van der Waals surface area contributed by atoms with Crippen LogP contribution in [-0.2, 0) is 0 Å². The average molecular weight is 249 g/mol. The molecule has 0 saturated heterocycles. The van der Waals surface area contributed by atoms with Gasteiger partial charge >= 0.3 is 0 Å². The molecule has 0 spiro atoms. The maximum atomic E-state index is 6.20. The molecule has 0 atom stereocenters. The molecule has 1 heterocycles. The second-order valence-corrected chi connectivity index (χ2v) is 4.99. The van der Waals surface area contributed by atoms with Crippen molar-refractivity contribution in [2.75, 3.05) is 0 Å². The monoisotopic (exact) mass is 248 g/mol. The number of hydrogen-bond acceptors (Lipinski definition) is 1. The summed E-state index contributed by atoms with van der Waals surface area (Å²) < 4.78 is 1.94. The number of aromatic nitrogens is 2. The molecule has 3 heteroatoms. The predicted octanol–water partition coefficient (Wildman–Crippen LogP) is 4.27. The van der Waals surface area contributed by atoms with Crippen molar-refractivity contribution in [3.8, 4) is 5.69 Å². The minimum absolute atomic E-state index is 0.467. The second-order valence-electron chi connectivity index (χ2n) is 4.61. The van der Waals surface area contributed by atoms with Crippen molar-refractivity contribution in [1.82, 2.24) is 9.78 Å². The van der Waals surface area contributed by atoms with Crippen LogP contribution in [0, 0.1) is 13.8 Å². The van der Waals surface area contributed by atoms with Crippen LogP contribution in [0.3, 0.4) is 0 Å². The Kier molecular flexibility index (Phi) is 3.25. The van der Waals surface area contributed by atoms with E-state index in [9.17, 15) is 0 Å². The van der Waals surface area contributed by atoms with Gasteiger partial charge in [0.1, 0.15) is 0 Å². The molecule has 90 valence electrons. The standard InChI is InChI=1S/C14H17ClN2/c1-9(2)12-7-5-6-8-13(12)17-11(4)14(15)10(3)16-17/h5-9H,1-4H3. The van der Waals surface area contributed by atoms with E-state index in [1.165, 1.54) is 5.56 Å². The molecule has 0 N–H and O–H groups in total. The predicted molar refractivity (Wildman–Crippen MR) is 72.1 cm³/mol. The maximum Gasteiger partial charge on any atom is 0.0848 e. The zero-order valence-electron chi connectivity index (χ0n) is 10.7. The van der Waals surface area contributed by atoms with Gasteiger partial charge in [0.2, 0.25) is 0 Å². The van der Waals surface area contributed by atoms with Gasteiger partial charge in [0.05, 0.1) is 22.1 Å². The van der Waals surface area contributed by atoms with Gasteiger partial charge in [0, 0.05) is 0 Å². The van der Waals surface area contributed by atoms with Gasteiger partial charge in [-0.3, -0.25) is 0 Å². The highest BCUT2D eigenvalue weighted by Gasteiger charge is 2.14. The van der Waals surface area contributed by atoms with Gasteiger partial charge in [-0.15, -0.1) is 0 Å². The van der Waals surface area contributed by atoms with Crippen LogP contribution in [0.25, 0.3) is 5.69 Å². The summed E-state index contributed by atoms with van der Waals surface area (Å²) in [7, 11) is 0. The van der Waals surface area contributed by atoms with Crippen molar-refractivity contribution in [3.63, 3.8) is 0 Å². The third-order valence-electron chi connectivity index (χ3n) is 2.99. The molecule has 0 aliphatic carbocycles. The molecule has 1 aromatic carbocycles. The SMILES string of the molecule is Cc1nn(-c2ccccc2C(C)C)c(C)c1Cl. The van der Waals surface area contributed by atoms with E-state index in [0.717, 1.165) is 22.1 Å². The van der Waals surface area contributed by atoms with Gasteiger partial charge in [-0.1, -0.05) is 43.6 Å². The molecule has 2 aromatic rings. The number of halogens is 1. The average Bonchev–Trinajstić information content (AvgIpc) is 2.57. The number of rotatable bonds is 2. The minimum atomic E-state index is 0.467. The molecule has 0 unspecified atom stereocenters. The summed E-state index contributed by atoms with van der Waals surface area (Å²) in [6.07, 6.45) is 0. The summed E-state index contributed by atoms with van der Waals surface area (Å²) in [5.74, 6) is 0.467. The summed E-state index contributed by atoms with van der Waals surface area (Å²) in [6, 6.07) is 8.33. The number of aryl methyl sites for hydroxylation is 1. The smallest absolute Gasteiger partial charge is 0.0848 e. The van der Waals surface area contributed by atoms with Crippen molar-refractivity contribution < 1.29 is 0 Å². The van der Waals surface area contributed by atoms with Crippen LogP contribution in [0.1, 0.15) is 36.7 Å². The highest BCUT2D eigenvalue weighted by molar-refractivity contribution is 6.31. The number of hydrogen-bond donors (Lipinski definition) is 0. The van der Waals surface area contributed by atoms with Crippen molar-refractivity contribution in [2.24, 2.45) is 0 Å². The van der Waals surface area contributed by atoms with Gasteiger partial charge in [-0.25, -0.2) is 4.68 Å². The van der Waals surface area contributed by atoms with Crippen LogP contribution in [0.15, 0.2) is 24.3 Å². The Morgan fingerprint density at radius 3 is 2.35 bits per heavy atom. The molecule has 0 aliphatic heterocycles. The van der Waals surface area contributed by atoms with E-state index in [1.54, 1.807) is 0 Å². The minimum Gasteiger partial charge on any atom is -0.236 e. The van der Waals surface area contributed by atoms with Crippen molar-refractivity contribution in [3.05, 3.63) is 46.2 Å². The molecule has 0 fully saturated rings. The van der Waals surface area contributed by atoms with Crippen LogP contribution in [0.4, 0.5) is 0 Å². The number of para-hydroxylation sites is 1. The van der Waals surface area contributed by atoms with E-state index >= 15 is 0 Å². The number of benzene rings is 1. The first-order valence-corrected chi connectivity index (χ1v) is 6.21. The first kappa shape index (κ1) is 12.2. The van der Waals surface area contributed by atoms with Crippen LogP contribution >= 0.6 is 11.6 Å². The molecule has 1 aromatic heterocycles. The van der Waals surface area contributed by atoms with Crippen LogP contribution < -0.4 is 0 Å². The maximum absolute atomic E-state index is 6.20. The molecular formula is C14H17ClN2. The molecule has 17 heavy (non-hydrogen) atoms. The highest BCUT2D eigenvalue weighted by atomic mass is 35.5. The fourth-order valence-electron chi connectivity index (χ4n) is 2.03. The lowest BCUT2D eigenvalue weighted by Crippen LogP contribution is -2.04. The molecule has 2 rings (SSSR count). The van der Waals surface area contributed by atoms with E-state index in [0.29, 0.717) is 5.92 Å². The molecule has 0 radical (unpaired) electrons. The van der Waals surface area contributed by atoms with Gasteiger partial charge in [0.15, 0.2) is 0 Å². The van der Waals surface area contributed by atoms with Gasteiger partial charge in [-0.05, 0) is 31.4 Å². The van der Waals surface area contributed by atoms with Crippen molar-refractivity contribution >= 4 is 11.6 Å². The Morgan fingerprint density at radius 2 is 1.82 bits per heavy atom. The van der Waals surface area contributed by atoms with E-state index in [-0.39, 0.29) is 0 Å². The van der Waals surface area contributed by atoms with Gasteiger partial charge in [0.25, 0.3) is 0 Å². The molecule has 2 nitrogen and oxygen atoms in total. The lowest BCUT2D eigenvalue weighted by Gasteiger charge is -2.13. The first-order chi connectivity index (χ1) is 8.02. The zero-order chi connectivity index (χ0) is 12.6. The molecule has 0 bridgehead atoms. The number of nitrogens with zero attached hydrogens (tertiary/aromatic N) is 2. The third kappa shape index (κ3) is 2.09. The first-order valence-electron chi connectivity index (χ1n) is 5.83. The van der Waals surface area contributed by atoms with Crippen molar-refractivity contribution in [2.45, 2.75) is 33.6 Å². The lowest BCUT2D eigenvalue weighted by molar-refractivity contribution is 0.786. The summed E-state index contributed by atoms with van der Waals surface area (Å²) in [5, 5.41) is 5.26. The quantitative estimate of drug-likeness (QED) is 0.776. The summed E-state index contributed by atoms with van der Waals surface area (Å²) in [4.78, 5) is 0. The molecule has 0 amide bonds. The Morgan fingerprint density at radius 1 is 1.18 bits per heavy atom. The van der Waals surface area contributed by atoms with Crippen LogP contribution in [0.5, 0.6) is 0 Å². The topological polar surface area (TPSA) is 17.8 Å². The Labute approximate surface area is 107 Å². The van der Waals surface area contributed by atoms with E-state index < -0.39 is 0 Å². The largest absolute Gasteiger partial charge is 0.236 e. The van der Waals surface area contributed by atoms with E-state index in [4.69, 9.17) is 11.6 Å². The molecular weight excluding hydrogens is 232 g/mol. The Balaban J connectivity index is 2.64.